The Morgan fingerprint density at radius 3 is 2.65 bits per heavy atom. The SMILES string of the molecule is CNC(C)(CC(N)=O)Cc1ccccc1OC. The van der Waals surface area contributed by atoms with Gasteiger partial charge >= 0.3 is 0 Å². The number of methoxy groups -OCH3 is 1. The van der Waals surface area contributed by atoms with Crippen molar-refractivity contribution in [2.45, 2.75) is 25.3 Å². The lowest BCUT2D eigenvalue weighted by Gasteiger charge is -2.28. The summed E-state index contributed by atoms with van der Waals surface area (Å²) in [6.45, 7) is 1.98. The molecular weight excluding hydrogens is 216 g/mol. The molecule has 4 heteroatoms. The maximum Gasteiger partial charge on any atom is 0.219 e. The molecule has 0 heterocycles. The largest absolute Gasteiger partial charge is 0.496 e. The highest BCUT2D eigenvalue weighted by Crippen LogP contribution is 2.24. The van der Waals surface area contributed by atoms with Gasteiger partial charge in [-0.3, -0.25) is 4.79 Å². The summed E-state index contributed by atoms with van der Waals surface area (Å²) in [5.41, 5.74) is 5.98. The summed E-state index contributed by atoms with van der Waals surface area (Å²) in [7, 11) is 3.47. The molecule has 3 N–H and O–H groups in total. The van der Waals surface area contributed by atoms with Crippen LogP contribution in [0.4, 0.5) is 0 Å². The predicted octanol–water partition coefficient (Wildman–Crippen LogP) is 1.09. The van der Waals surface area contributed by atoms with Crippen molar-refractivity contribution in [1.29, 1.82) is 0 Å². The minimum absolute atomic E-state index is 0.293. The van der Waals surface area contributed by atoms with Crippen molar-refractivity contribution in [1.82, 2.24) is 5.32 Å². The number of carbonyl (C=O) groups is 1. The molecule has 4 nitrogen and oxygen atoms in total. The Labute approximate surface area is 102 Å². The number of benzene rings is 1. The Morgan fingerprint density at radius 2 is 2.12 bits per heavy atom. The van der Waals surface area contributed by atoms with Crippen molar-refractivity contribution in [2.75, 3.05) is 14.2 Å². The first-order valence-corrected chi connectivity index (χ1v) is 5.60. The Morgan fingerprint density at radius 1 is 1.47 bits per heavy atom. The smallest absolute Gasteiger partial charge is 0.219 e. The lowest BCUT2D eigenvalue weighted by atomic mass is 9.89. The van der Waals surface area contributed by atoms with Gasteiger partial charge in [-0.05, 0) is 32.0 Å². The molecule has 0 bridgehead atoms. The van der Waals surface area contributed by atoms with Crippen LogP contribution in [-0.2, 0) is 11.2 Å². The topological polar surface area (TPSA) is 64.3 Å². The van der Waals surface area contributed by atoms with E-state index in [1.807, 2.05) is 38.2 Å². The number of rotatable bonds is 6. The van der Waals surface area contributed by atoms with E-state index in [4.69, 9.17) is 10.5 Å². The highest BCUT2D eigenvalue weighted by atomic mass is 16.5. The first-order chi connectivity index (χ1) is 8.00. The summed E-state index contributed by atoms with van der Waals surface area (Å²) in [4.78, 5) is 11.1. The summed E-state index contributed by atoms with van der Waals surface area (Å²) in [6.07, 6.45) is 0.984. The molecule has 1 atom stereocenters. The second-order valence-electron chi connectivity index (χ2n) is 4.44. The van der Waals surface area contributed by atoms with Crippen LogP contribution in [0.1, 0.15) is 18.9 Å². The third-order valence-corrected chi connectivity index (χ3v) is 2.94. The Kier molecular flexibility index (Phi) is 4.52. The van der Waals surface area contributed by atoms with Gasteiger partial charge in [-0.15, -0.1) is 0 Å². The summed E-state index contributed by atoms with van der Waals surface area (Å²) in [6, 6.07) is 7.79. The van der Waals surface area contributed by atoms with Crippen LogP contribution >= 0.6 is 0 Å². The van der Waals surface area contributed by atoms with Crippen molar-refractivity contribution in [3.63, 3.8) is 0 Å². The van der Waals surface area contributed by atoms with E-state index < -0.39 is 0 Å². The average molecular weight is 236 g/mol. The molecule has 0 aliphatic heterocycles. The number of carbonyl (C=O) groups excluding carboxylic acids is 1. The zero-order valence-electron chi connectivity index (χ0n) is 10.6. The molecule has 1 amide bonds. The van der Waals surface area contributed by atoms with Crippen molar-refractivity contribution in [2.24, 2.45) is 5.73 Å². The second kappa shape index (κ2) is 5.68. The van der Waals surface area contributed by atoms with Crippen LogP contribution < -0.4 is 15.8 Å². The third-order valence-electron chi connectivity index (χ3n) is 2.94. The quantitative estimate of drug-likeness (QED) is 0.777. The van der Waals surface area contributed by atoms with E-state index >= 15 is 0 Å². The molecule has 0 spiro atoms. The molecule has 0 fully saturated rings. The molecule has 94 valence electrons. The van der Waals surface area contributed by atoms with Crippen LogP contribution in [-0.4, -0.2) is 25.6 Å². The predicted molar refractivity (Wildman–Crippen MR) is 68.0 cm³/mol. The standard InChI is InChI=1S/C13H20N2O2/c1-13(15-2,9-12(14)16)8-10-6-4-5-7-11(10)17-3/h4-7,15H,8-9H2,1-3H3,(H2,14,16). The lowest BCUT2D eigenvalue weighted by Crippen LogP contribution is -2.45. The first kappa shape index (κ1) is 13.5. The van der Waals surface area contributed by atoms with Crippen LogP contribution in [0.25, 0.3) is 0 Å². The fourth-order valence-corrected chi connectivity index (χ4v) is 1.89. The molecule has 1 unspecified atom stereocenters. The average Bonchev–Trinajstić information content (AvgIpc) is 2.28. The molecule has 0 aliphatic rings. The molecule has 1 rings (SSSR count). The fraction of sp³-hybridized carbons (Fsp3) is 0.462. The minimum atomic E-state index is -0.347. The molecule has 1 aromatic carbocycles. The van der Waals surface area contributed by atoms with Crippen molar-refractivity contribution in [3.8, 4) is 5.75 Å². The number of nitrogens with one attached hydrogen (secondary N) is 1. The highest BCUT2D eigenvalue weighted by molar-refractivity contribution is 5.75. The molecule has 0 radical (unpaired) electrons. The van der Waals surface area contributed by atoms with Crippen LogP contribution in [0.5, 0.6) is 5.75 Å². The summed E-state index contributed by atoms with van der Waals surface area (Å²) in [5, 5.41) is 3.15. The monoisotopic (exact) mass is 236 g/mol. The van der Waals surface area contributed by atoms with Gasteiger partial charge in [0.2, 0.25) is 5.91 Å². The maximum atomic E-state index is 11.1. The molecule has 0 saturated carbocycles. The fourth-order valence-electron chi connectivity index (χ4n) is 1.89. The molecule has 0 aliphatic carbocycles. The number of hydrogen-bond donors (Lipinski definition) is 2. The molecular formula is C13H20N2O2. The summed E-state index contributed by atoms with van der Waals surface area (Å²) in [5.74, 6) is 0.523. The van der Waals surface area contributed by atoms with Gasteiger partial charge in [-0.1, -0.05) is 18.2 Å². The first-order valence-electron chi connectivity index (χ1n) is 5.60. The van der Waals surface area contributed by atoms with Crippen molar-refractivity contribution in [3.05, 3.63) is 29.8 Å². The normalized spacial score (nSPS) is 14.1. The number of para-hydroxylation sites is 1. The van der Waals surface area contributed by atoms with Gasteiger partial charge in [-0.2, -0.15) is 0 Å². The Balaban J connectivity index is 2.90. The number of primary amides is 1. The lowest BCUT2D eigenvalue weighted by molar-refractivity contribution is -0.119. The summed E-state index contributed by atoms with van der Waals surface area (Å²) < 4.78 is 5.30. The number of nitrogens with two attached hydrogens (primary N) is 1. The van der Waals surface area contributed by atoms with Crippen molar-refractivity contribution >= 4 is 5.91 Å². The van der Waals surface area contributed by atoms with E-state index in [9.17, 15) is 4.79 Å². The van der Waals surface area contributed by atoms with E-state index in [1.165, 1.54) is 0 Å². The van der Waals surface area contributed by atoms with Gasteiger partial charge < -0.3 is 15.8 Å². The molecule has 0 aromatic heterocycles. The highest BCUT2D eigenvalue weighted by Gasteiger charge is 2.26. The number of hydrogen-bond acceptors (Lipinski definition) is 3. The van der Waals surface area contributed by atoms with E-state index in [1.54, 1.807) is 7.11 Å². The van der Waals surface area contributed by atoms with Gasteiger partial charge in [0.15, 0.2) is 0 Å². The van der Waals surface area contributed by atoms with Gasteiger partial charge in [-0.25, -0.2) is 0 Å². The number of ether oxygens (including phenoxy) is 1. The Hall–Kier alpha value is -1.55. The van der Waals surface area contributed by atoms with E-state index in [-0.39, 0.29) is 11.4 Å². The zero-order chi connectivity index (χ0) is 12.9. The van der Waals surface area contributed by atoms with Gasteiger partial charge in [0.25, 0.3) is 0 Å². The van der Waals surface area contributed by atoms with Gasteiger partial charge in [0.1, 0.15) is 5.75 Å². The second-order valence-corrected chi connectivity index (χ2v) is 4.44. The summed E-state index contributed by atoms with van der Waals surface area (Å²) >= 11 is 0. The third kappa shape index (κ3) is 3.75. The van der Waals surface area contributed by atoms with E-state index in [0.29, 0.717) is 12.8 Å². The number of amides is 1. The molecule has 17 heavy (non-hydrogen) atoms. The Bertz CT molecular complexity index is 393. The molecule has 1 aromatic rings. The van der Waals surface area contributed by atoms with E-state index in [2.05, 4.69) is 5.32 Å². The molecule has 0 saturated heterocycles. The minimum Gasteiger partial charge on any atom is -0.496 e. The van der Waals surface area contributed by atoms with E-state index in [0.717, 1.165) is 11.3 Å². The van der Waals surface area contributed by atoms with Crippen LogP contribution in [0.3, 0.4) is 0 Å². The van der Waals surface area contributed by atoms with Crippen LogP contribution in [0, 0.1) is 0 Å². The van der Waals surface area contributed by atoms with Gasteiger partial charge in [0.05, 0.1) is 7.11 Å². The van der Waals surface area contributed by atoms with Crippen LogP contribution in [0.2, 0.25) is 0 Å². The van der Waals surface area contributed by atoms with Crippen LogP contribution in [0.15, 0.2) is 24.3 Å². The number of likely N-dealkylation sites (N-methyl/N-ethyl adjacent to an activating group) is 1. The maximum absolute atomic E-state index is 11.1. The zero-order valence-corrected chi connectivity index (χ0v) is 10.6. The van der Waals surface area contributed by atoms with Crippen molar-refractivity contribution < 1.29 is 9.53 Å². The van der Waals surface area contributed by atoms with Gasteiger partial charge in [0, 0.05) is 12.0 Å².